The van der Waals surface area contributed by atoms with Crippen LogP contribution >= 0.6 is 0 Å². The second-order valence-electron chi connectivity index (χ2n) is 5.43. The van der Waals surface area contributed by atoms with E-state index in [-0.39, 0.29) is 18.6 Å². The predicted octanol–water partition coefficient (Wildman–Crippen LogP) is 1.29. The molecule has 0 bridgehead atoms. The largest absolute Gasteiger partial charge is 0.481 e. The number of carbonyl (C=O) groups is 2. The van der Waals surface area contributed by atoms with Gasteiger partial charge in [-0.05, 0) is 38.5 Å². The number of amides is 2. The van der Waals surface area contributed by atoms with Crippen LogP contribution < -0.4 is 5.32 Å². The molecule has 0 aliphatic heterocycles. The molecule has 2 saturated carbocycles. The van der Waals surface area contributed by atoms with Crippen molar-refractivity contribution in [2.75, 3.05) is 13.6 Å². The summed E-state index contributed by atoms with van der Waals surface area (Å²) in [5.74, 6) is -0.171. The minimum atomic E-state index is -0.796. The molecule has 96 valence electrons. The van der Waals surface area contributed by atoms with E-state index in [2.05, 4.69) is 5.32 Å². The van der Waals surface area contributed by atoms with Crippen molar-refractivity contribution in [2.24, 2.45) is 11.3 Å². The van der Waals surface area contributed by atoms with Gasteiger partial charge in [-0.25, -0.2) is 4.79 Å². The highest BCUT2D eigenvalue weighted by molar-refractivity contribution is 5.80. The van der Waals surface area contributed by atoms with Crippen molar-refractivity contribution in [3.8, 4) is 0 Å². The molecule has 5 nitrogen and oxygen atoms in total. The molecule has 0 spiro atoms. The number of aliphatic carboxylic acids is 1. The number of nitrogens with one attached hydrogen (secondary N) is 1. The zero-order chi connectivity index (χ0) is 12.6. The zero-order valence-electron chi connectivity index (χ0n) is 10.4. The molecule has 2 amide bonds. The fourth-order valence-electron chi connectivity index (χ4n) is 2.07. The summed E-state index contributed by atoms with van der Waals surface area (Å²) < 4.78 is 0. The summed E-state index contributed by atoms with van der Waals surface area (Å²) in [4.78, 5) is 24.5. The topological polar surface area (TPSA) is 69.6 Å². The number of rotatable bonds is 5. The summed E-state index contributed by atoms with van der Waals surface area (Å²) in [5, 5.41) is 11.7. The van der Waals surface area contributed by atoms with Crippen molar-refractivity contribution >= 4 is 12.0 Å². The molecule has 0 aromatic rings. The van der Waals surface area contributed by atoms with Gasteiger partial charge in [0, 0.05) is 19.6 Å². The first kappa shape index (κ1) is 12.2. The molecule has 2 aliphatic carbocycles. The number of carbonyl (C=O) groups excluding carboxylic acids is 1. The molecule has 2 fully saturated rings. The molecule has 17 heavy (non-hydrogen) atoms. The Hall–Kier alpha value is -1.26. The van der Waals surface area contributed by atoms with Crippen LogP contribution in [0.25, 0.3) is 0 Å². The standard InChI is InChI=1S/C12H20N2O3/c1-8(9-3-4-9)14(2)11(17)13-7-12(5-6-12)10(15)16/h8-9H,3-7H2,1-2H3,(H,13,17)(H,15,16). The molecule has 1 atom stereocenters. The second-order valence-corrected chi connectivity index (χ2v) is 5.43. The second kappa shape index (κ2) is 4.20. The lowest BCUT2D eigenvalue weighted by Crippen LogP contribution is -2.45. The molecule has 5 heteroatoms. The minimum absolute atomic E-state index is 0.156. The highest BCUT2D eigenvalue weighted by Gasteiger charge is 2.50. The molecular weight excluding hydrogens is 220 g/mol. The third kappa shape index (κ3) is 2.53. The van der Waals surface area contributed by atoms with Crippen LogP contribution in [0.1, 0.15) is 32.6 Å². The van der Waals surface area contributed by atoms with Crippen LogP contribution in [0.2, 0.25) is 0 Å². The Balaban J connectivity index is 1.78. The summed E-state index contributed by atoms with van der Waals surface area (Å²) in [6.07, 6.45) is 3.73. The lowest BCUT2D eigenvalue weighted by atomic mass is 10.1. The van der Waals surface area contributed by atoms with Crippen molar-refractivity contribution in [3.63, 3.8) is 0 Å². The van der Waals surface area contributed by atoms with Gasteiger partial charge in [-0.3, -0.25) is 4.79 Å². The van der Waals surface area contributed by atoms with Crippen LogP contribution in [0.5, 0.6) is 0 Å². The van der Waals surface area contributed by atoms with Crippen LogP contribution in [0, 0.1) is 11.3 Å². The Morgan fingerprint density at radius 3 is 2.47 bits per heavy atom. The Kier molecular flexibility index (Phi) is 3.02. The van der Waals surface area contributed by atoms with Gasteiger partial charge in [-0.1, -0.05) is 0 Å². The van der Waals surface area contributed by atoms with Gasteiger partial charge in [0.1, 0.15) is 0 Å². The van der Waals surface area contributed by atoms with E-state index >= 15 is 0 Å². The van der Waals surface area contributed by atoms with Gasteiger partial charge in [0.05, 0.1) is 5.41 Å². The molecule has 0 aromatic carbocycles. The minimum Gasteiger partial charge on any atom is -0.481 e. The highest BCUT2D eigenvalue weighted by atomic mass is 16.4. The lowest BCUT2D eigenvalue weighted by Gasteiger charge is -2.25. The monoisotopic (exact) mass is 240 g/mol. The van der Waals surface area contributed by atoms with Crippen molar-refractivity contribution < 1.29 is 14.7 Å². The van der Waals surface area contributed by atoms with Crippen LogP contribution in [0.3, 0.4) is 0 Å². The van der Waals surface area contributed by atoms with Crippen LogP contribution in [0.15, 0.2) is 0 Å². The third-order valence-electron chi connectivity index (χ3n) is 4.12. The maximum absolute atomic E-state index is 11.8. The van der Waals surface area contributed by atoms with E-state index in [1.54, 1.807) is 11.9 Å². The number of nitrogens with zero attached hydrogens (tertiary/aromatic N) is 1. The smallest absolute Gasteiger partial charge is 0.317 e. The maximum atomic E-state index is 11.8. The molecule has 0 radical (unpaired) electrons. The number of urea groups is 1. The average molecular weight is 240 g/mol. The molecule has 0 heterocycles. The highest BCUT2D eigenvalue weighted by Crippen LogP contribution is 2.45. The normalized spacial score (nSPS) is 22.7. The molecule has 1 unspecified atom stereocenters. The summed E-state index contributed by atoms with van der Waals surface area (Å²) in [7, 11) is 1.78. The number of carboxylic acid groups (broad SMARTS) is 1. The summed E-state index contributed by atoms with van der Waals surface area (Å²) in [6.45, 7) is 2.30. The SMILES string of the molecule is CC(C1CC1)N(C)C(=O)NCC1(C(=O)O)CC1. The van der Waals surface area contributed by atoms with Gasteiger partial charge in [-0.2, -0.15) is 0 Å². The predicted molar refractivity (Wildman–Crippen MR) is 62.7 cm³/mol. The van der Waals surface area contributed by atoms with E-state index in [9.17, 15) is 9.59 Å². The summed E-state index contributed by atoms with van der Waals surface area (Å²) in [5.41, 5.74) is -0.681. The van der Waals surface area contributed by atoms with Crippen LogP contribution in [-0.4, -0.2) is 41.6 Å². The fraction of sp³-hybridized carbons (Fsp3) is 0.833. The van der Waals surface area contributed by atoms with Gasteiger partial charge in [0.15, 0.2) is 0 Å². The molecular formula is C12H20N2O3. The maximum Gasteiger partial charge on any atom is 0.317 e. The quantitative estimate of drug-likeness (QED) is 0.760. The first-order chi connectivity index (χ1) is 7.96. The van der Waals surface area contributed by atoms with E-state index in [1.165, 1.54) is 12.8 Å². The molecule has 0 aromatic heterocycles. The van der Waals surface area contributed by atoms with Gasteiger partial charge >= 0.3 is 12.0 Å². The Labute approximate surface area is 101 Å². The molecule has 2 rings (SSSR count). The first-order valence-corrected chi connectivity index (χ1v) is 6.20. The van der Waals surface area contributed by atoms with Gasteiger partial charge < -0.3 is 15.3 Å². The van der Waals surface area contributed by atoms with Crippen molar-refractivity contribution in [3.05, 3.63) is 0 Å². The average Bonchev–Trinajstić information content (AvgIpc) is 3.17. The Bertz CT molecular complexity index is 335. The van der Waals surface area contributed by atoms with Crippen molar-refractivity contribution in [1.29, 1.82) is 0 Å². The van der Waals surface area contributed by atoms with Crippen LogP contribution in [0.4, 0.5) is 4.79 Å². The fourth-order valence-corrected chi connectivity index (χ4v) is 2.07. The van der Waals surface area contributed by atoms with Gasteiger partial charge in [0.25, 0.3) is 0 Å². The third-order valence-corrected chi connectivity index (χ3v) is 4.12. The number of carboxylic acids is 1. The van der Waals surface area contributed by atoms with E-state index in [0.717, 1.165) is 0 Å². The lowest BCUT2D eigenvalue weighted by molar-refractivity contribution is -0.143. The first-order valence-electron chi connectivity index (χ1n) is 6.20. The van der Waals surface area contributed by atoms with E-state index in [1.807, 2.05) is 6.92 Å². The Morgan fingerprint density at radius 2 is 2.06 bits per heavy atom. The van der Waals surface area contributed by atoms with Gasteiger partial charge in [0.2, 0.25) is 0 Å². The van der Waals surface area contributed by atoms with Crippen molar-refractivity contribution in [1.82, 2.24) is 10.2 Å². The summed E-state index contributed by atoms with van der Waals surface area (Å²) in [6, 6.07) is 0.0897. The molecule has 2 aliphatic rings. The van der Waals surface area contributed by atoms with Gasteiger partial charge in [-0.15, -0.1) is 0 Å². The molecule has 0 saturated heterocycles. The number of hydrogen-bond acceptors (Lipinski definition) is 2. The van der Waals surface area contributed by atoms with E-state index in [0.29, 0.717) is 18.8 Å². The van der Waals surface area contributed by atoms with E-state index < -0.39 is 11.4 Å². The molecule has 2 N–H and O–H groups in total. The zero-order valence-corrected chi connectivity index (χ0v) is 10.4. The Morgan fingerprint density at radius 1 is 1.47 bits per heavy atom. The van der Waals surface area contributed by atoms with Crippen molar-refractivity contribution in [2.45, 2.75) is 38.6 Å². The van der Waals surface area contributed by atoms with E-state index in [4.69, 9.17) is 5.11 Å². The number of hydrogen-bond donors (Lipinski definition) is 2. The van der Waals surface area contributed by atoms with Crippen LogP contribution in [-0.2, 0) is 4.79 Å². The summed E-state index contributed by atoms with van der Waals surface area (Å²) >= 11 is 0.